The van der Waals surface area contributed by atoms with E-state index >= 15 is 0 Å². The Morgan fingerprint density at radius 2 is 1.64 bits per heavy atom. The first-order chi connectivity index (χ1) is 10.6. The number of carbonyl (C=O) groups excluding carboxylic acids is 2. The zero-order valence-electron chi connectivity index (χ0n) is 12.3. The van der Waals surface area contributed by atoms with Gasteiger partial charge in [-0.2, -0.15) is 0 Å². The number of hydrogen-bond donors (Lipinski definition) is 3. The molecule has 114 valence electrons. The van der Waals surface area contributed by atoms with Crippen LogP contribution >= 0.6 is 0 Å². The summed E-state index contributed by atoms with van der Waals surface area (Å²) < 4.78 is 0. The van der Waals surface area contributed by atoms with E-state index in [0.717, 1.165) is 11.1 Å². The van der Waals surface area contributed by atoms with E-state index in [-0.39, 0.29) is 18.4 Å². The van der Waals surface area contributed by atoms with E-state index in [1.807, 2.05) is 24.3 Å². The average Bonchev–Trinajstić information content (AvgIpc) is 2.53. The molecule has 22 heavy (non-hydrogen) atoms. The molecule has 0 aliphatic rings. The molecule has 0 saturated carbocycles. The molecule has 0 spiro atoms. The number of nitrogens with one attached hydrogen (secondary N) is 2. The van der Waals surface area contributed by atoms with Crippen molar-refractivity contribution in [1.82, 2.24) is 5.32 Å². The predicted molar refractivity (Wildman–Crippen MR) is 84.3 cm³/mol. The highest BCUT2D eigenvalue weighted by Gasteiger charge is 2.07. The molecule has 5 heteroatoms. The van der Waals surface area contributed by atoms with Crippen LogP contribution in [-0.4, -0.2) is 16.9 Å². The molecule has 2 aromatic rings. The smallest absolute Gasteiger partial charge is 0.251 e. The number of benzene rings is 2. The molecule has 2 rings (SSSR count). The second-order valence-corrected chi connectivity index (χ2v) is 4.87. The molecule has 2 amide bonds. The third kappa shape index (κ3) is 4.17. The lowest BCUT2D eigenvalue weighted by Crippen LogP contribution is -2.23. The largest absolute Gasteiger partial charge is 0.392 e. The molecule has 0 aromatic heterocycles. The minimum Gasteiger partial charge on any atom is -0.392 e. The molecule has 0 heterocycles. The minimum atomic E-state index is -0.206. The van der Waals surface area contributed by atoms with Crippen LogP contribution in [0.15, 0.2) is 48.5 Å². The van der Waals surface area contributed by atoms with Gasteiger partial charge >= 0.3 is 0 Å². The Morgan fingerprint density at radius 1 is 1.00 bits per heavy atom. The first-order valence-corrected chi connectivity index (χ1v) is 6.93. The summed E-state index contributed by atoms with van der Waals surface area (Å²) >= 11 is 0. The van der Waals surface area contributed by atoms with Gasteiger partial charge in [0.05, 0.1) is 6.61 Å². The lowest BCUT2D eigenvalue weighted by atomic mass is 10.1. The lowest BCUT2D eigenvalue weighted by Gasteiger charge is -2.09. The van der Waals surface area contributed by atoms with Crippen LogP contribution in [0.1, 0.15) is 28.4 Å². The second-order valence-electron chi connectivity index (χ2n) is 4.87. The summed E-state index contributed by atoms with van der Waals surface area (Å²) in [5.74, 6) is -0.361. The summed E-state index contributed by atoms with van der Waals surface area (Å²) in [4.78, 5) is 23.0. The maximum Gasteiger partial charge on any atom is 0.251 e. The van der Waals surface area contributed by atoms with Crippen molar-refractivity contribution < 1.29 is 14.7 Å². The summed E-state index contributed by atoms with van der Waals surface area (Å²) in [6.45, 7) is 1.72. The van der Waals surface area contributed by atoms with Gasteiger partial charge in [0.15, 0.2) is 0 Å². The number of anilines is 1. The van der Waals surface area contributed by atoms with Gasteiger partial charge in [-0.1, -0.05) is 24.3 Å². The molecule has 0 saturated heterocycles. The van der Waals surface area contributed by atoms with Crippen molar-refractivity contribution >= 4 is 17.5 Å². The molecular weight excluding hydrogens is 280 g/mol. The Morgan fingerprint density at radius 3 is 2.23 bits per heavy atom. The van der Waals surface area contributed by atoms with Gasteiger partial charge in [0, 0.05) is 24.7 Å². The Bertz CT molecular complexity index is 666. The van der Waals surface area contributed by atoms with Gasteiger partial charge in [-0.15, -0.1) is 0 Å². The molecule has 3 N–H and O–H groups in total. The number of carbonyl (C=O) groups is 2. The first-order valence-electron chi connectivity index (χ1n) is 6.93. The maximum absolute atomic E-state index is 12.1. The van der Waals surface area contributed by atoms with Crippen molar-refractivity contribution in [3.63, 3.8) is 0 Å². The molecular formula is C17H18N2O3. The van der Waals surface area contributed by atoms with Crippen molar-refractivity contribution in [2.45, 2.75) is 20.1 Å². The van der Waals surface area contributed by atoms with Gasteiger partial charge in [-0.3, -0.25) is 9.59 Å². The first kappa shape index (κ1) is 15.7. The minimum absolute atomic E-state index is 0.0581. The summed E-state index contributed by atoms with van der Waals surface area (Å²) in [7, 11) is 0. The predicted octanol–water partition coefficient (Wildman–Crippen LogP) is 2.07. The molecule has 0 unspecified atom stereocenters. The SMILES string of the molecule is CC(=O)Nc1ccc(C(=O)NCc2ccccc2CO)cc1. The highest BCUT2D eigenvalue weighted by molar-refractivity contribution is 5.95. The molecule has 0 fully saturated rings. The Balaban J connectivity index is 1.98. The van der Waals surface area contributed by atoms with E-state index in [9.17, 15) is 14.7 Å². The molecule has 2 aromatic carbocycles. The van der Waals surface area contributed by atoms with Crippen LogP contribution in [-0.2, 0) is 17.9 Å². The van der Waals surface area contributed by atoms with E-state index < -0.39 is 0 Å². The fourth-order valence-corrected chi connectivity index (χ4v) is 2.07. The van der Waals surface area contributed by atoms with Gasteiger partial charge in [0.25, 0.3) is 5.91 Å². The average molecular weight is 298 g/mol. The van der Waals surface area contributed by atoms with Crippen LogP contribution in [0.2, 0.25) is 0 Å². The van der Waals surface area contributed by atoms with E-state index in [1.54, 1.807) is 24.3 Å². The molecule has 0 atom stereocenters. The lowest BCUT2D eigenvalue weighted by molar-refractivity contribution is -0.114. The summed E-state index contributed by atoms with van der Waals surface area (Å²) in [5, 5.41) is 14.7. The van der Waals surface area contributed by atoms with Crippen molar-refractivity contribution in [3.05, 3.63) is 65.2 Å². The molecule has 0 radical (unpaired) electrons. The Labute approximate surface area is 129 Å². The summed E-state index contributed by atoms with van der Waals surface area (Å²) in [6, 6.07) is 14.1. The van der Waals surface area contributed by atoms with Gasteiger partial charge in [-0.05, 0) is 35.4 Å². The Kier molecular flexibility index (Phi) is 5.27. The zero-order chi connectivity index (χ0) is 15.9. The standard InChI is InChI=1S/C17H18N2O3/c1-12(21)19-16-8-6-13(7-9-16)17(22)18-10-14-4-2-3-5-15(14)11-20/h2-9,20H,10-11H2,1H3,(H,18,22)(H,19,21). The highest BCUT2D eigenvalue weighted by atomic mass is 16.3. The van der Waals surface area contributed by atoms with E-state index in [2.05, 4.69) is 10.6 Å². The second kappa shape index (κ2) is 7.38. The van der Waals surface area contributed by atoms with Crippen molar-refractivity contribution in [2.75, 3.05) is 5.32 Å². The Hall–Kier alpha value is -2.66. The zero-order valence-corrected chi connectivity index (χ0v) is 12.3. The van der Waals surface area contributed by atoms with Crippen LogP contribution in [0.3, 0.4) is 0 Å². The fourth-order valence-electron chi connectivity index (χ4n) is 2.07. The maximum atomic E-state index is 12.1. The summed E-state index contributed by atoms with van der Waals surface area (Å²) in [6.07, 6.45) is 0. The van der Waals surface area contributed by atoms with Crippen LogP contribution in [0.5, 0.6) is 0 Å². The summed E-state index contributed by atoms with van der Waals surface area (Å²) in [5.41, 5.74) is 2.84. The van der Waals surface area contributed by atoms with E-state index in [0.29, 0.717) is 17.8 Å². The number of amides is 2. The van der Waals surface area contributed by atoms with Crippen molar-refractivity contribution in [2.24, 2.45) is 0 Å². The van der Waals surface area contributed by atoms with Gasteiger partial charge in [-0.25, -0.2) is 0 Å². The topological polar surface area (TPSA) is 78.4 Å². The van der Waals surface area contributed by atoms with Crippen LogP contribution in [0, 0.1) is 0 Å². The number of hydrogen-bond acceptors (Lipinski definition) is 3. The van der Waals surface area contributed by atoms with Gasteiger partial charge in [0.1, 0.15) is 0 Å². The molecule has 0 aliphatic carbocycles. The number of rotatable bonds is 5. The third-order valence-electron chi connectivity index (χ3n) is 3.20. The number of aliphatic hydroxyl groups is 1. The van der Waals surface area contributed by atoms with Gasteiger partial charge < -0.3 is 15.7 Å². The van der Waals surface area contributed by atoms with E-state index in [1.165, 1.54) is 6.92 Å². The van der Waals surface area contributed by atoms with Crippen LogP contribution in [0.25, 0.3) is 0 Å². The quantitative estimate of drug-likeness (QED) is 0.790. The monoisotopic (exact) mass is 298 g/mol. The van der Waals surface area contributed by atoms with Gasteiger partial charge in [0.2, 0.25) is 5.91 Å². The van der Waals surface area contributed by atoms with Crippen molar-refractivity contribution in [1.29, 1.82) is 0 Å². The molecule has 0 aliphatic heterocycles. The molecule has 0 bridgehead atoms. The third-order valence-corrected chi connectivity index (χ3v) is 3.20. The van der Waals surface area contributed by atoms with Crippen LogP contribution in [0.4, 0.5) is 5.69 Å². The van der Waals surface area contributed by atoms with E-state index in [4.69, 9.17) is 0 Å². The highest BCUT2D eigenvalue weighted by Crippen LogP contribution is 2.11. The molecule has 5 nitrogen and oxygen atoms in total. The fraction of sp³-hybridized carbons (Fsp3) is 0.176. The normalized spacial score (nSPS) is 10.1. The van der Waals surface area contributed by atoms with Crippen LogP contribution < -0.4 is 10.6 Å². The van der Waals surface area contributed by atoms with Crippen molar-refractivity contribution in [3.8, 4) is 0 Å². The number of aliphatic hydroxyl groups excluding tert-OH is 1.